The van der Waals surface area contributed by atoms with E-state index in [1.807, 2.05) is 0 Å². The first-order valence-electron chi connectivity index (χ1n) is 7.76. The minimum atomic E-state index is 0.00253. The fourth-order valence-corrected chi connectivity index (χ4v) is 3.55. The topological polar surface area (TPSA) is 21.3 Å². The van der Waals surface area contributed by atoms with Crippen LogP contribution in [0.4, 0.5) is 0 Å². The van der Waals surface area contributed by atoms with Gasteiger partial charge < -0.3 is 10.1 Å². The van der Waals surface area contributed by atoms with Crippen molar-refractivity contribution in [3.05, 3.63) is 0 Å². The number of nitrogens with one attached hydrogen (secondary N) is 1. The maximum absolute atomic E-state index is 6.24. The molecular weight excluding hydrogens is 222 g/mol. The third-order valence-electron chi connectivity index (χ3n) is 4.21. The van der Waals surface area contributed by atoms with Crippen LogP contribution in [0.15, 0.2) is 0 Å². The van der Waals surface area contributed by atoms with E-state index in [9.17, 15) is 0 Å². The second-order valence-corrected chi connectivity index (χ2v) is 6.94. The highest BCUT2D eigenvalue weighted by molar-refractivity contribution is 4.99. The average molecular weight is 255 g/mol. The molecule has 2 nitrogen and oxygen atoms in total. The number of hydrogen-bond acceptors (Lipinski definition) is 2. The molecule has 1 N–H and O–H groups in total. The van der Waals surface area contributed by atoms with E-state index >= 15 is 0 Å². The largest absolute Gasteiger partial charge is 0.369 e. The van der Waals surface area contributed by atoms with Gasteiger partial charge in [0.1, 0.15) is 0 Å². The van der Waals surface area contributed by atoms with Crippen molar-refractivity contribution < 1.29 is 4.74 Å². The molecule has 2 unspecified atom stereocenters. The molecule has 108 valence electrons. The molecule has 0 aromatic heterocycles. The molecule has 1 fully saturated rings. The first-order chi connectivity index (χ1) is 8.32. The lowest BCUT2D eigenvalue weighted by Crippen LogP contribution is -2.44. The zero-order valence-electron chi connectivity index (χ0n) is 13.3. The molecule has 0 aliphatic carbocycles. The smallest absolute Gasteiger partial charge is 0.0677 e. The lowest BCUT2D eigenvalue weighted by molar-refractivity contribution is -0.0779. The summed E-state index contributed by atoms with van der Waals surface area (Å²) in [6.07, 6.45) is 6.44. The van der Waals surface area contributed by atoms with Crippen LogP contribution in [0.2, 0.25) is 0 Å². The number of ether oxygens (including phenoxy) is 1. The third-order valence-corrected chi connectivity index (χ3v) is 4.21. The van der Waals surface area contributed by atoms with Gasteiger partial charge in [0.2, 0.25) is 0 Å². The summed E-state index contributed by atoms with van der Waals surface area (Å²) >= 11 is 0. The Labute approximate surface area is 114 Å². The summed E-state index contributed by atoms with van der Waals surface area (Å²) in [5, 5.41) is 3.70. The Morgan fingerprint density at radius 3 is 2.28 bits per heavy atom. The third kappa shape index (κ3) is 4.24. The summed E-state index contributed by atoms with van der Waals surface area (Å²) in [6.45, 7) is 14.5. The molecule has 1 aliphatic rings. The molecule has 1 aliphatic heterocycles. The van der Waals surface area contributed by atoms with Gasteiger partial charge in [0.15, 0.2) is 0 Å². The monoisotopic (exact) mass is 255 g/mol. The molecule has 1 saturated heterocycles. The Bertz CT molecular complexity index is 247. The van der Waals surface area contributed by atoms with Crippen molar-refractivity contribution >= 4 is 0 Å². The van der Waals surface area contributed by atoms with Gasteiger partial charge in [-0.15, -0.1) is 0 Å². The lowest BCUT2D eigenvalue weighted by atomic mass is 9.79. The predicted molar refractivity (Wildman–Crippen MR) is 79.0 cm³/mol. The Morgan fingerprint density at radius 1 is 1.17 bits per heavy atom. The van der Waals surface area contributed by atoms with Crippen LogP contribution < -0.4 is 5.32 Å². The molecule has 0 saturated carbocycles. The molecule has 0 aromatic carbocycles. The van der Waals surface area contributed by atoms with Crippen LogP contribution in [0, 0.1) is 5.92 Å². The van der Waals surface area contributed by atoms with E-state index in [4.69, 9.17) is 4.74 Å². The molecular formula is C16H33NO. The van der Waals surface area contributed by atoms with Gasteiger partial charge in [0.25, 0.3) is 0 Å². The zero-order valence-corrected chi connectivity index (χ0v) is 13.3. The van der Waals surface area contributed by atoms with Gasteiger partial charge in [-0.05, 0) is 47.1 Å². The van der Waals surface area contributed by atoms with Gasteiger partial charge in [-0.2, -0.15) is 0 Å². The van der Waals surface area contributed by atoms with Crippen LogP contribution >= 0.6 is 0 Å². The molecule has 1 heterocycles. The fraction of sp³-hybridized carbons (Fsp3) is 1.00. The van der Waals surface area contributed by atoms with Gasteiger partial charge in [-0.25, -0.2) is 0 Å². The molecule has 0 amide bonds. The lowest BCUT2D eigenvalue weighted by Gasteiger charge is -2.33. The van der Waals surface area contributed by atoms with Crippen LogP contribution in [0.3, 0.4) is 0 Å². The van der Waals surface area contributed by atoms with E-state index in [0.717, 1.165) is 6.54 Å². The van der Waals surface area contributed by atoms with E-state index in [0.29, 0.717) is 12.0 Å². The average Bonchev–Trinajstić information content (AvgIpc) is 2.46. The van der Waals surface area contributed by atoms with Gasteiger partial charge in [-0.3, -0.25) is 0 Å². The Balaban J connectivity index is 2.66. The van der Waals surface area contributed by atoms with Crippen molar-refractivity contribution in [1.82, 2.24) is 5.32 Å². The maximum Gasteiger partial charge on any atom is 0.0677 e. The van der Waals surface area contributed by atoms with Crippen molar-refractivity contribution in [2.24, 2.45) is 5.92 Å². The first-order valence-corrected chi connectivity index (χ1v) is 7.76. The van der Waals surface area contributed by atoms with E-state index < -0.39 is 0 Å². The highest BCUT2D eigenvalue weighted by Crippen LogP contribution is 2.44. The van der Waals surface area contributed by atoms with Crippen molar-refractivity contribution in [3.63, 3.8) is 0 Å². The summed E-state index contributed by atoms with van der Waals surface area (Å²) in [4.78, 5) is 0. The summed E-state index contributed by atoms with van der Waals surface area (Å²) in [7, 11) is 0. The van der Waals surface area contributed by atoms with Crippen molar-refractivity contribution in [1.29, 1.82) is 0 Å². The van der Waals surface area contributed by atoms with Crippen LogP contribution in [-0.2, 0) is 4.74 Å². The summed E-state index contributed by atoms with van der Waals surface area (Å²) in [5.41, 5.74) is 0.0369. The molecule has 1 rings (SSSR count). The van der Waals surface area contributed by atoms with E-state index in [2.05, 4.69) is 46.9 Å². The molecule has 0 bridgehead atoms. The first kappa shape index (κ1) is 16.0. The summed E-state index contributed by atoms with van der Waals surface area (Å²) < 4.78 is 6.24. The second kappa shape index (κ2) is 6.38. The number of rotatable bonds is 7. The quantitative estimate of drug-likeness (QED) is 0.690. The molecule has 0 aromatic rings. The standard InChI is InChI=1S/C16H33NO/c1-7-9-10-11-14(17-8-2)13-12-15(3,4)18-16(13,5)6/h13-14,17H,7-12H2,1-6H3. The van der Waals surface area contributed by atoms with Crippen LogP contribution in [0.1, 0.15) is 73.6 Å². The van der Waals surface area contributed by atoms with E-state index in [1.165, 1.54) is 32.1 Å². The highest BCUT2D eigenvalue weighted by Gasteiger charge is 2.48. The number of hydrogen-bond donors (Lipinski definition) is 1. The Hall–Kier alpha value is -0.0800. The molecule has 2 heteroatoms. The SMILES string of the molecule is CCCCCC(NCC)C1CC(C)(C)OC1(C)C. The second-order valence-electron chi connectivity index (χ2n) is 6.94. The zero-order chi connectivity index (χ0) is 13.8. The minimum absolute atomic E-state index is 0.00253. The molecule has 0 radical (unpaired) electrons. The minimum Gasteiger partial charge on any atom is -0.369 e. The van der Waals surface area contributed by atoms with Gasteiger partial charge >= 0.3 is 0 Å². The van der Waals surface area contributed by atoms with Gasteiger partial charge in [-0.1, -0.05) is 33.1 Å². The van der Waals surface area contributed by atoms with Crippen LogP contribution in [-0.4, -0.2) is 23.8 Å². The highest BCUT2D eigenvalue weighted by atomic mass is 16.5. The van der Waals surface area contributed by atoms with Gasteiger partial charge in [0.05, 0.1) is 11.2 Å². The van der Waals surface area contributed by atoms with E-state index in [-0.39, 0.29) is 11.2 Å². The Kier molecular flexibility index (Phi) is 5.67. The normalized spacial score (nSPS) is 27.3. The van der Waals surface area contributed by atoms with Crippen LogP contribution in [0.25, 0.3) is 0 Å². The van der Waals surface area contributed by atoms with Gasteiger partial charge in [0, 0.05) is 12.0 Å². The number of unbranched alkanes of at least 4 members (excludes halogenated alkanes) is 2. The molecule has 18 heavy (non-hydrogen) atoms. The summed E-state index contributed by atoms with van der Waals surface area (Å²) in [6, 6.07) is 0.610. The van der Waals surface area contributed by atoms with Crippen molar-refractivity contribution in [2.75, 3.05) is 6.54 Å². The predicted octanol–water partition coefficient (Wildman–Crippen LogP) is 4.14. The fourth-order valence-electron chi connectivity index (χ4n) is 3.55. The summed E-state index contributed by atoms with van der Waals surface area (Å²) in [5.74, 6) is 0.629. The van der Waals surface area contributed by atoms with E-state index in [1.54, 1.807) is 0 Å². The maximum atomic E-state index is 6.24. The Morgan fingerprint density at radius 2 is 1.83 bits per heavy atom. The van der Waals surface area contributed by atoms with Crippen molar-refractivity contribution in [2.45, 2.75) is 90.9 Å². The molecule has 0 spiro atoms. The van der Waals surface area contributed by atoms with Crippen molar-refractivity contribution in [3.8, 4) is 0 Å². The van der Waals surface area contributed by atoms with Crippen LogP contribution in [0.5, 0.6) is 0 Å². The molecule has 2 atom stereocenters.